The van der Waals surface area contributed by atoms with Gasteiger partial charge in [0.2, 0.25) is 0 Å². The summed E-state index contributed by atoms with van der Waals surface area (Å²) in [6.07, 6.45) is 2.70. The summed E-state index contributed by atoms with van der Waals surface area (Å²) in [7, 11) is 0. The maximum atomic E-state index is 2.63. The molecule has 4 atom stereocenters. The lowest BCUT2D eigenvalue weighted by molar-refractivity contribution is -0.750. The first-order valence-corrected chi connectivity index (χ1v) is 8.18. The summed E-state index contributed by atoms with van der Waals surface area (Å²) in [5.74, 6) is 0.857. The lowest BCUT2D eigenvalue weighted by Gasteiger charge is -2.31. The van der Waals surface area contributed by atoms with Gasteiger partial charge in [-0.15, -0.1) is 0 Å². The third kappa shape index (κ3) is 1.36. The molecule has 0 aromatic heterocycles. The quantitative estimate of drug-likeness (QED) is 0.760. The summed E-state index contributed by atoms with van der Waals surface area (Å²) in [6.45, 7) is 4.91. The third-order valence-electron chi connectivity index (χ3n) is 6.51. The predicted octanol–water partition coefficient (Wildman–Crippen LogP) is 3.25. The number of benzene rings is 2. The van der Waals surface area contributed by atoms with Crippen LogP contribution >= 0.6 is 0 Å². The molecule has 4 unspecified atom stereocenters. The Kier molecular flexibility index (Phi) is 2.05. The average molecular weight is 276 g/mol. The van der Waals surface area contributed by atoms with Crippen LogP contribution in [0, 0.1) is 5.92 Å². The Balaban J connectivity index is 1.84. The van der Waals surface area contributed by atoms with E-state index < -0.39 is 0 Å². The summed E-state index contributed by atoms with van der Waals surface area (Å²) >= 11 is 0. The van der Waals surface area contributed by atoms with E-state index in [1.165, 1.54) is 18.4 Å². The molecule has 2 N–H and O–H groups in total. The van der Waals surface area contributed by atoms with Crippen molar-refractivity contribution in [3.63, 3.8) is 0 Å². The van der Waals surface area contributed by atoms with Gasteiger partial charge in [-0.2, -0.15) is 0 Å². The predicted molar refractivity (Wildman–Crippen MR) is 84.1 cm³/mol. The van der Waals surface area contributed by atoms with Crippen molar-refractivity contribution < 1.29 is 5.32 Å². The van der Waals surface area contributed by atoms with Crippen molar-refractivity contribution in [2.75, 3.05) is 0 Å². The van der Waals surface area contributed by atoms with Gasteiger partial charge in [-0.25, -0.2) is 0 Å². The molecule has 0 saturated heterocycles. The summed E-state index contributed by atoms with van der Waals surface area (Å²) < 4.78 is 0. The normalized spacial score (nSPS) is 38.8. The van der Waals surface area contributed by atoms with Gasteiger partial charge < -0.3 is 5.32 Å². The minimum Gasteiger partial charge on any atom is -0.328 e. The molecule has 0 spiro atoms. The van der Waals surface area contributed by atoms with Crippen molar-refractivity contribution >= 4 is 0 Å². The fraction of sp³-hybridized carbons (Fsp3) is 0.400. The van der Waals surface area contributed by atoms with Crippen LogP contribution in [0.1, 0.15) is 55.0 Å². The molecule has 1 aliphatic carbocycles. The topological polar surface area (TPSA) is 16.6 Å². The number of quaternary nitrogens is 1. The molecule has 2 aromatic carbocycles. The molecule has 2 aromatic rings. The monoisotopic (exact) mass is 276 g/mol. The van der Waals surface area contributed by atoms with Gasteiger partial charge in [0.05, 0.1) is 0 Å². The number of nitrogens with two attached hydrogens (primary N) is 1. The first-order valence-electron chi connectivity index (χ1n) is 8.18. The molecule has 2 heterocycles. The highest BCUT2D eigenvalue weighted by molar-refractivity contribution is 5.51. The van der Waals surface area contributed by atoms with Crippen LogP contribution in [0.5, 0.6) is 0 Å². The van der Waals surface area contributed by atoms with Gasteiger partial charge in [-0.05, 0) is 30.2 Å². The standard InChI is InChI=1S/C20H21N/c1-19-12-13(19)11-18-14-7-3-4-8-15(14)20(2,21-18)17-10-6-5-9-16(17)19/h3-10,13,18,21H,11-12H2,1-2H3/p+1. The summed E-state index contributed by atoms with van der Waals surface area (Å²) in [4.78, 5) is 0. The van der Waals surface area contributed by atoms with E-state index in [9.17, 15) is 0 Å². The van der Waals surface area contributed by atoms with Crippen molar-refractivity contribution in [3.05, 3.63) is 70.8 Å². The van der Waals surface area contributed by atoms with Crippen LogP contribution in [0.3, 0.4) is 0 Å². The third-order valence-corrected chi connectivity index (χ3v) is 6.51. The van der Waals surface area contributed by atoms with E-state index in [0.717, 1.165) is 5.92 Å². The molecule has 5 rings (SSSR count). The van der Waals surface area contributed by atoms with Gasteiger partial charge in [0.1, 0.15) is 11.6 Å². The van der Waals surface area contributed by atoms with E-state index in [2.05, 4.69) is 67.7 Å². The van der Waals surface area contributed by atoms with E-state index in [1.54, 1.807) is 16.7 Å². The lowest BCUT2D eigenvalue weighted by Crippen LogP contribution is -2.92. The van der Waals surface area contributed by atoms with E-state index in [1.807, 2.05) is 0 Å². The molecule has 0 radical (unpaired) electrons. The highest BCUT2D eigenvalue weighted by Crippen LogP contribution is 2.61. The number of hydrogen-bond donors (Lipinski definition) is 1. The highest BCUT2D eigenvalue weighted by Gasteiger charge is 2.59. The molecule has 2 bridgehead atoms. The zero-order valence-electron chi connectivity index (χ0n) is 12.8. The summed E-state index contributed by atoms with van der Waals surface area (Å²) in [6, 6.07) is 19.0. The molecule has 3 aliphatic rings. The maximum Gasteiger partial charge on any atom is 0.146 e. The van der Waals surface area contributed by atoms with Crippen LogP contribution in [-0.4, -0.2) is 0 Å². The highest BCUT2D eigenvalue weighted by atomic mass is 15.0. The molecule has 1 heteroatoms. The Hall–Kier alpha value is -1.60. The molecule has 0 amide bonds. The van der Waals surface area contributed by atoms with Gasteiger partial charge in [0, 0.05) is 23.1 Å². The molecule has 1 nitrogen and oxygen atoms in total. The van der Waals surface area contributed by atoms with Crippen molar-refractivity contribution in [1.82, 2.24) is 0 Å². The Bertz CT molecular complexity index is 749. The molecule has 106 valence electrons. The zero-order chi connectivity index (χ0) is 14.2. The Morgan fingerprint density at radius 1 is 0.905 bits per heavy atom. The van der Waals surface area contributed by atoms with E-state index >= 15 is 0 Å². The van der Waals surface area contributed by atoms with Crippen molar-refractivity contribution in [3.8, 4) is 0 Å². The number of hydrogen-bond acceptors (Lipinski definition) is 0. The minimum atomic E-state index is 0.0917. The second kappa shape index (κ2) is 3.59. The first kappa shape index (κ1) is 12.0. The van der Waals surface area contributed by atoms with Crippen LogP contribution in [0.2, 0.25) is 0 Å². The largest absolute Gasteiger partial charge is 0.328 e. The maximum absolute atomic E-state index is 2.63. The second-order valence-electron chi connectivity index (χ2n) is 7.66. The second-order valence-corrected chi connectivity index (χ2v) is 7.66. The lowest BCUT2D eigenvalue weighted by atomic mass is 9.78. The average Bonchev–Trinajstić information content (AvgIpc) is 3.05. The Morgan fingerprint density at radius 3 is 2.38 bits per heavy atom. The molecule has 2 aliphatic heterocycles. The zero-order valence-corrected chi connectivity index (χ0v) is 12.8. The number of rotatable bonds is 0. The van der Waals surface area contributed by atoms with Crippen LogP contribution < -0.4 is 5.32 Å². The van der Waals surface area contributed by atoms with E-state index in [0.29, 0.717) is 11.5 Å². The van der Waals surface area contributed by atoms with Gasteiger partial charge in [0.25, 0.3) is 0 Å². The molecular formula is C20H22N+. The fourth-order valence-corrected chi connectivity index (χ4v) is 5.17. The van der Waals surface area contributed by atoms with E-state index in [4.69, 9.17) is 0 Å². The summed E-state index contributed by atoms with van der Waals surface area (Å²) in [5, 5.41) is 2.63. The van der Waals surface area contributed by atoms with Gasteiger partial charge >= 0.3 is 0 Å². The van der Waals surface area contributed by atoms with Crippen LogP contribution in [0.15, 0.2) is 48.5 Å². The van der Waals surface area contributed by atoms with Gasteiger partial charge in [-0.1, -0.05) is 55.5 Å². The van der Waals surface area contributed by atoms with E-state index in [-0.39, 0.29) is 5.54 Å². The van der Waals surface area contributed by atoms with Gasteiger partial charge in [0.15, 0.2) is 0 Å². The van der Waals surface area contributed by atoms with Crippen molar-refractivity contribution in [2.24, 2.45) is 5.92 Å². The Morgan fingerprint density at radius 2 is 1.57 bits per heavy atom. The van der Waals surface area contributed by atoms with Crippen LogP contribution in [-0.2, 0) is 11.0 Å². The van der Waals surface area contributed by atoms with Crippen LogP contribution in [0.4, 0.5) is 0 Å². The van der Waals surface area contributed by atoms with Crippen molar-refractivity contribution in [2.45, 2.75) is 43.7 Å². The molecule has 1 saturated carbocycles. The molecule has 1 fully saturated rings. The first-order chi connectivity index (χ1) is 10.1. The fourth-order valence-electron chi connectivity index (χ4n) is 5.17. The Labute approximate surface area is 126 Å². The SMILES string of the molecule is CC12[NH2+]C(CC3CC3(C)c3ccccc31)c1ccccc12. The minimum absolute atomic E-state index is 0.0917. The summed E-state index contributed by atoms with van der Waals surface area (Å²) in [5.41, 5.74) is 6.77. The molecular weight excluding hydrogens is 254 g/mol. The van der Waals surface area contributed by atoms with Crippen LogP contribution in [0.25, 0.3) is 0 Å². The smallest absolute Gasteiger partial charge is 0.146 e. The van der Waals surface area contributed by atoms with Crippen molar-refractivity contribution in [1.29, 1.82) is 0 Å². The molecule has 21 heavy (non-hydrogen) atoms. The van der Waals surface area contributed by atoms with Gasteiger partial charge in [-0.3, -0.25) is 0 Å². The number of fused-ring (bicyclic) bond motifs is 9.